The van der Waals surface area contributed by atoms with Crippen molar-refractivity contribution >= 4 is 55.4 Å². The second-order valence-corrected chi connectivity index (χ2v) is 8.76. The molecule has 4 amide bonds. The lowest BCUT2D eigenvalue weighted by molar-refractivity contribution is 0.0525. The van der Waals surface area contributed by atoms with Crippen molar-refractivity contribution in [3.8, 4) is 5.75 Å². The molecule has 0 bridgehead atoms. The highest BCUT2D eigenvalue weighted by Gasteiger charge is 2.23. The Balaban J connectivity index is 1.67. The number of primary amides is 2. The van der Waals surface area contributed by atoms with E-state index >= 15 is 0 Å². The smallest absolute Gasteiger partial charge is 0.407 e. The second-order valence-electron chi connectivity index (χ2n) is 7.71. The average Bonchev–Trinajstić information content (AvgIpc) is 3.16. The number of ether oxygens (including phenoxy) is 2. The van der Waals surface area contributed by atoms with E-state index in [1.165, 1.54) is 11.3 Å². The molecule has 0 spiro atoms. The monoisotopic (exact) mass is 448 g/mol. The van der Waals surface area contributed by atoms with Crippen molar-refractivity contribution in [3.05, 3.63) is 24.0 Å². The summed E-state index contributed by atoms with van der Waals surface area (Å²) in [6.45, 7) is 6.21. The number of anilines is 1. The molecule has 31 heavy (non-hydrogen) atoms. The molecule has 0 aliphatic rings. The van der Waals surface area contributed by atoms with Gasteiger partial charge in [-0.1, -0.05) is 0 Å². The molecular formula is C20H24N4O6S. The molecule has 0 aliphatic heterocycles. The number of urea groups is 1. The van der Waals surface area contributed by atoms with Crippen molar-refractivity contribution in [1.29, 1.82) is 0 Å². The fraction of sp³-hybridized carbons (Fsp3) is 0.350. The third-order valence-electron chi connectivity index (χ3n) is 4.00. The van der Waals surface area contributed by atoms with Crippen LogP contribution in [-0.4, -0.2) is 36.8 Å². The summed E-state index contributed by atoms with van der Waals surface area (Å²) in [4.78, 5) is 34.5. The van der Waals surface area contributed by atoms with Crippen LogP contribution >= 0.6 is 11.3 Å². The Bertz CT molecular complexity index is 1140. The molecule has 0 atom stereocenters. The Morgan fingerprint density at radius 3 is 2.58 bits per heavy atom. The zero-order valence-electron chi connectivity index (χ0n) is 17.4. The van der Waals surface area contributed by atoms with E-state index in [9.17, 15) is 14.4 Å². The number of fused-ring (bicyclic) bond motifs is 3. The van der Waals surface area contributed by atoms with E-state index in [-0.39, 0.29) is 11.4 Å². The number of hydrogen-bond acceptors (Lipinski definition) is 7. The van der Waals surface area contributed by atoms with Gasteiger partial charge in [0.2, 0.25) is 5.76 Å². The van der Waals surface area contributed by atoms with Gasteiger partial charge in [0.1, 0.15) is 17.0 Å². The van der Waals surface area contributed by atoms with Gasteiger partial charge in [0.15, 0.2) is 5.58 Å². The molecule has 0 saturated carbocycles. The second kappa shape index (κ2) is 8.72. The van der Waals surface area contributed by atoms with Gasteiger partial charge in [-0.25, -0.2) is 9.59 Å². The first-order valence-electron chi connectivity index (χ1n) is 9.50. The quantitative estimate of drug-likeness (QED) is 0.405. The zero-order chi connectivity index (χ0) is 22.8. The van der Waals surface area contributed by atoms with Crippen molar-refractivity contribution in [2.75, 3.05) is 18.5 Å². The summed E-state index contributed by atoms with van der Waals surface area (Å²) >= 11 is 1.31. The number of alkyl carbamates (subject to hydrolysis) is 1. The van der Waals surface area contributed by atoms with Crippen LogP contribution in [0, 0.1) is 0 Å². The molecule has 0 fully saturated rings. The summed E-state index contributed by atoms with van der Waals surface area (Å²) in [5.41, 5.74) is 10.6. The van der Waals surface area contributed by atoms with Crippen LogP contribution in [0.1, 0.15) is 37.7 Å². The van der Waals surface area contributed by atoms with Gasteiger partial charge in [-0.3, -0.25) is 4.79 Å². The van der Waals surface area contributed by atoms with E-state index in [4.69, 9.17) is 25.4 Å². The van der Waals surface area contributed by atoms with Gasteiger partial charge in [0.05, 0.1) is 11.3 Å². The summed E-state index contributed by atoms with van der Waals surface area (Å²) in [7, 11) is 0. The Hall–Kier alpha value is -3.47. The summed E-state index contributed by atoms with van der Waals surface area (Å²) in [5, 5.41) is 5.82. The van der Waals surface area contributed by atoms with Crippen LogP contribution in [0.5, 0.6) is 5.75 Å². The van der Waals surface area contributed by atoms with Gasteiger partial charge >= 0.3 is 12.1 Å². The van der Waals surface area contributed by atoms with E-state index in [1.54, 1.807) is 32.9 Å². The van der Waals surface area contributed by atoms with E-state index in [0.29, 0.717) is 35.6 Å². The third-order valence-corrected chi connectivity index (χ3v) is 5.16. The van der Waals surface area contributed by atoms with E-state index in [1.807, 2.05) is 6.07 Å². The van der Waals surface area contributed by atoms with E-state index in [2.05, 4.69) is 10.6 Å². The molecule has 0 unspecified atom stereocenters. The number of benzene rings is 1. The summed E-state index contributed by atoms with van der Waals surface area (Å²) in [6, 6.07) is 4.56. The number of carbonyl (C=O) groups excluding carboxylic acids is 3. The number of nitrogens with one attached hydrogen (secondary N) is 2. The molecule has 3 aromatic rings. The van der Waals surface area contributed by atoms with Crippen molar-refractivity contribution in [1.82, 2.24) is 5.32 Å². The highest BCUT2D eigenvalue weighted by atomic mass is 32.1. The number of carbonyl (C=O) groups is 3. The number of nitrogens with two attached hydrogens (primary N) is 2. The first-order valence-corrected chi connectivity index (χ1v) is 10.3. The fourth-order valence-corrected chi connectivity index (χ4v) is 4.00. The van der Waals surface area contributed by atoms with Gasteiger partial charge in [-0.05, 0) is 45.4 Å². The molecule has 0 aliphatic carbocycles. The summed E-state index contributed by atoms with van der Waals surface area (Å²) < 4.78 is 17.9. The molecule has 2 aromatic heterocycles. The molecule has 0 radical (unpaired) electrons. The number of hydrogen-bond donors (Lipinski definition) is 4. The molecular weight excluding hydrogens is 424 g/mol. The maximum atomic E-state index is 11.6. The van der Waals surface area contributed by atoms with Crippen molar-refractivity contribution < 1.29 is 28.3 Å². The lowest BCUT2D eigenvalue weighted by Gasteiger charge is -2.19. The normalized spacial score (nSPS) is 11.5. The van der Waals surface area contributed by atoms with Crippen molar-refractivity contribution in [2.24, 2.45) is 11.5 Å². The summed E-state index contributed by atoms with van der Waals surface area (Å²) in [5.74, 6) is -0.326. The fourth-order valence-electron chi connectivity index (χ4n) is 2.84. The van der Waals surface area contributed by atoms with Gasteiger partial charge < -0.3 is 36.0 Å². The minimum atomic E-state index is -0.827. The van der Waals surface area contributed by atoms with Crippen molar-refractivity contribution in [2.45, 2.75) is 32.8 Å². The highest BCUT2D eigenvalue weighted by Crippen LogP contribution is 2.43. The molecule has 166 valence electrons. The number of amides is 4. The molecule has 1 aromatic carbocycles. The Morgan fingerprint density at radius 2 is 1.94 bits per heavy atom. The molecule has 10 nitrogen and oxygen atoms in total. The standard InChI is InChI=1S/C20H24N4O6S/c1-20(2,3)30-19(27)23-7-4-8-28-10-5-6-11-12(9-10)31-16-13(24-18(22)26)15(17(21)25)29-14(11)16/h5-6,9H,4,7-8H2,1-3H3,(H2,21,25)(H,23,27)(H3,22,24,26). The van der Waals surface area contributed by atoms with Crippen LogP contribution in [0.3, 0.4) is 0 Å². The summed E-state index contributed by atoms with van der Waals surface area (Å²) in [6.07, 6.45) is 0.129. The predicted molar refractivity (Wildman–Crippen MR) is 118 cm³/mol. The van der Waals surface area contributed by atoms with Gasteiger partial charge in [-0.2, -0.15) is 0 Å². The SMILES string of the molecule is CC(C)(C)OC(=O)NCCCOc1ccc2c(c1)sc1c(NC(N)=O)c(C(N)=O)oc12. The number of rotatable bonds is 7. The molecule has 0 saturated heterocycles. The van der Waals surface area contributed by atoms with Crippen LogP contribution in [0.25, 0.3) is 20.4 Å². The van der Waals surface area contributed by atoms with Gasteiger partial charge in [0, 0.05) is 16.6 Å². The van der Waals surface area contributed by atoms with Crippen LogP contribution in [0.15, 0.2) is 22.6 Å². The van der Waals surface area contributed by atoms with Gasteiger partial charge in [-0.15, -0.1) is 11.3 Å². The largest absolute Gasteiger partial charge is 0.493 e. The number of furan rings is 1. The predicted octanol–water partition coefficient (Wildman–Crippen LogP) is 3.53. The maximum Gasteiger partial charge on any atom is 0.407 e. The van der Waals surface area contributed by atoms with Crippen molar-refractivity contribution in [3.63, 3.8) is 0 Å². The van der Waals surface area contributed by atoms with Crippen LogP contribution in [0.2, 0.25) is 0 Å². The average molecular weight is 449 g/mol. The maximum absolute atomic E-state index is 11.6. The third kappa shape index (κ3) is 5.37. The zero-order valence-corrected chi connectivity index (χ0v) is 18.2. The minimum absolute atomic E-state index is 0.153. The van der Waals surface area contributed by atoms with Crippen LogP contribution in [-0.2, 0) is 4.74 Å². The first kappa shape index (κ1) is 22.2. The van der Waals surface area contributed by atoms with E-state index < -0.39 is 23.6 Å². The first-order chi connectivity index (χ1) is 14.5. The number of thiophene rings is 1. The molecule has 2 heterocycles. The minimum Gasteiger partial charge on any atom is -0.493 e. The van der Waals surface area contributed by atoms with Gasteiger partial charge in [0.25, 0.3) is 5.91 Å². The lowest BCUT2D eigenvalue weighted by atomic mass is 10.2. The highest BCUT2D eigenvalue weighted by molar-refractivity contribution is 7.26. The topological polar surface area (TPSA) is 159 Å². The Labute approximate surface area is 181 Å². The lowest BCUT2D eigenvalue weighted by Crippen LogP contribution is -2.33. The molecule has 11 heteroatoms. The van der Waals surface area contributed by atoms with Crippen LogP contribution in [0.4, 0.5) is 15.3 Å². The Kier molecular flexibility index (Phi) is 6.25. The van der Waals surface area contributed by atoms with E-state index in [0.717, 1.165) is 10.1 Å². The molecule has 6 N–H and O–H groups in total. The Morgan fingerprint density at radius 1 is 1.19 bits per heavy atom. The molecule has 3 rings (SSSR count). The van der Waals surface area contributed by atoms with Crippen LogP contribution < -0.4 is 26.8 Å².